The smallest absolute Gasteiger partial charge is 0.349 e. The first-order valence-corrected chi connectivity index (χ1v) is 12.2. The van der Waals surface area contributed by atoms with E-state index in [1.165, 1.54) is 18.4 Å². The molecule has 0 fully saturated rings. The van der Waals surface area contributed by atoms with Crippen LogP contribution >= 0.6 is 0 Å². The number of nitrogens with one attached hydrogen (secondary N) is 3. The van der Waals surface area contributed by atoms with Gasteiger partial charge in [-0.3, -0.25) is 15.2 Å². The number of anilines is 1. The van der Waals surface area contributed by atoms with Crippen LogP contribution in [0, 0.1) is 5.41 Å². The van der Waals surface area contributed by atoms with Gasteiger partial charge in [0.2, 0.25) is 0 Å². The fourth-order valence-electron chi connectivity index (χ4n) is 3.72. The average Bonchev–Trinajstić information content (AvgIpc) is 3.33. The molecule has 0 aliphatic carbocycles. The standard InChI is InChI=1S/C25H32N8O4.C2H4O2/c1-35-12-10-16-13-17(14-19(36-2)22(16)37-3)21(30-18-8-6-15(7-9-18)23(28)29)24-31-25(34)33(32-24)20(27)5-4-11-26;1-2(3)4/h4-9,11,13-14,21,30H,10,12,26-27H2,1-3H3,(H3,28,29)(H,31,32,34);1H3,(H,3,4)/b11-4-,20-5+;. The maximum Gasteiger partial charge on any atom is 0.349 e. The van der Waals surface area contributed by atoms with Crippen molar-refractivity contribution in [1.29, 1.82) is 5.41 Å². The molecule has 0 saturated heterocycles. The number of hydrogen-bond donors (Lipinski definition) is 7. The monoisotopic (exact) mass is 568 g/mol. The number of carbonyl (C=O) groups is 1. The molecule has 2 aromatic carbocycles. The molecule has 1 unspecified atom stereocenters. The summed E-state index contributed by atoms with van der Waals surface area (Å²) in [5, 5.41) is 22.9. The number of carboxylic acid groups (broad SMARTS) is 1. The van der Waals surface area contributed by atoms with Crippen molar-refractivity contribution in [1.82, 2.24) is 14.8 Å². The molecule has 3 rings (SSSR count). The molecule has 1 aromatic heterocycles. The number of nitrogen functional groups attached to an aromatic ring is 1. The molecule has 0 aliphatic heterocycles. The van der Waals surface area contributed by atoms with Gasteiger partial charge in [0.1, 0.15) is 17.7 Å². The van der Waals surface area contributed by atoms with E-state index in [0.29, 0.717) is 41.6 Å². The molecule has 220 valence electrons. The van der Waals surface area contributed by atoms with Gasteiger partial charge in [0, 0.05) is 30.8 Å². The molecule has 1 atom stereocenters. The van der Waals surface area contributed by atoms with Gasteiger partial charge in [-0.1, -0.05) is 0 Å². The lowest BCUT2D eigenvalue weighted by Gasteiger charge is -2.22. The van der Waals surface area contributed by atoms with E-state index in [2.05, 4.69) is 15.4 Å². The van der Waals surface area contributed by atoms with Crippen molar-refractivity contribution in [2.24, 2.45) is 17.2 Å². The van der Waals surface area contributed by atoms with Gasteiger partial charge in [-0.2, -0.15) is 4.68 Å². The first-order chi connectivity index (χ1) is 19.6. The van der Waals surface area contributed by atoms with E-state index < -0.39 is 17.7 Å². The second-order valence-electron chi connectivity index (χ2n) is 8.45. The highest BCUT2D eigenvalue weighted by atomic mass is 16.5. The molecule has 0 radical (unpaired) electrons. The first kappa shape index (κ1) is 32.0. The first-order valence-electron chi connectivity index (χ1n) is 12.2. The van der Waals surface area contributed by atoms with Crippen LogP contribution in [0.25, 0.3) is 5.82 Å². The van der Waals surface area contributed by atoms with Crippen molar-refractivity contribution in [3.8, 4) is 11.5 Å². The number of aromatic nitrogens is 3. The van der Waals surface area contributed by atoms with E-state index in [-0.39, 0.29) is 11.7 Å². The Kier molecular flexibility index (Phi) is 12.0. The molecule has 0 bridgehead atoms. The molecule has 1 heterocycles. The van der Waals surface area contributed by atoms with Crippen molar-refractivity contribution in [3.05, 3.63) is 87.7 Å². The molecule has 3 aromatic rings. The van der Waals surface area contributed by atoms with Crippen LogP contribution in [-0.4, -0.2) is 59.6 Å². The number of methoxy groups -OCH3 is 3. The number of hydrogen-bond acceptors (Lipinski definition) is 10. The lowest BCUT2D eigenvalue weighted by molar-refractivity contribution is -0.134. The average molecular weight is 569 g/mol. The number of carboxylic acids is 1. The van der Waals surface area contributed by atoms with E-state index in [1.807, 2.05) is 12.1 Å². The Bertz CT molecular complexity index is 1440. The van der Waals surface area contributed by atoms with Gasteiger partial charge in [0.05, 0.1) is 20.8 Å². The molecule has 14 nitrogen and oxygen atoms in total. The van der Waals surface area contributed by atoms with E-state index in [1.54, 1.807) is 45.6 Å². The molecular weight excluding hydrogens is 532 g/mol. The summed E-state index contributed by atoms with van der Waals surface area (Å²) in [6.45, 7) is 1.55. The summed E-state index contributed by atoms with van der Waals surface area (Å²) < 4.78 is 17.5. The van der Waals surface area contributed by atoms with Crippen LogP contribution in [0.2, 0.25) is 0 Å². The van der Waals surface area contributed by atoms with Gasteiger partial charge in [0.15, 0.2) is 17.3 Å². The number of amidine groups is 1. The lowest BCUT2D eigenvalue weighted by Crippen LogP contribution is -2.21. The summed E-state index contributed by atoms with van der Waals surface area (Å²) in [5.74, 6) is 0.625. The Morgan fingerprint density at radius 3 is 2.39 bits per heavy atom. The number of aliphatic carboxylic acids is 1. The van der Waals surface area contributed by atoms with Crippen molar-refractivity contribution in [2.75, 3.05) is 33.3 Å². The Balaban J connectivity index is 0.00000138. The van der Waals surface area contributed by atoms with Gasteiger partial charge in [0.25, 0.3) is 5.97 Å². The molecular formula is C27H36N8O6. The number of allylic oxidation sites excluding steroid dienone is 2. The number of ether oxygens (including phenoxy) is 3. The third-order valence-corrected chi connectivity index (χ3v) is 5.53. The summed E-state index contributed by atoms with van der Waals surface area (Å²) in [7, 11) is 4.75. The third kappa shape index (κ3) is 8.90. The van der Waals surface area contributed by atoms with Crippen LogP contribution in [0.3, 0.4) is 0 Å². The zero-order valence-corrected chi connectivity index (χ0v) is 23.3. The second-order valence-corrected chi connectivity index (χ2v) is 8.45. The lowest BCUT2D eigenvalue weighted by atomic mass is 9.99. The van der Waals surface area contributed by atoms with Crippen molar-refractivity contribution < 1.29 is 24.1 Å². The second kappa shape index (κ2) is 15.4. The van der Waals surface area contributed by atoms with Crippen molar-refractivity contribution in [2.45, 2.75) is 19.4 Å². The summed E-state index contributed by atoms with van der Waals surface area (Å²) in [6, 6.07) is 10.1. The topological polar surface area (TPSA) is 230 Å². The highest BCUT2D eigenvalue weighted by Gasteiger charge is 2.24. The van der Waals surface area contributed by atoms with Crippen LogP contribution < -0.4 is 37.7 Å². The Morgan fingerprint density at radius 1 is 1.20 bits per heavy atom. The minimum Gasteiger partial charge on any atom is -0.493 e. The molecule has 10 N–H and O–H groups in total. The number of nitrogens with two attached hydrogens (primary N) is 3. The van der Waals surface area contributed by atoms with Crippen LogP contribution in [0.1, 0.15) is 35.5 Å². The van der Waals surface area contributed by atoms with E-state index in [4.69, 9.17) is 46.7 Å². The molecule has 14 heteroatoms. The molecule has 0 saturated carbocycles. The zero-order valence-electron chi connectivity index (χ0n) is 23.3. The van der Waals surface area contributed by atoms with Crippen LogP contribution in [0.5, 0.6) is 11.5 Å². The SMILES string of the molecule is CC(=O)O.COCCc1cc(C(Nc2ccc(C(=N)N)cc2)c2nn(/C(N)=C/C=C\N)c(=O)[nH]2)cc(OC)c1OC. The number of nitrogens with zero attached hydrogens (tertiary/aromatic N) is 2. The van der Waals surface area contributed by atoms with Gasteiger partial charge in [-0.15, -0.1) is 5.10 Å². The van der Waals surface area contributed by atoms with Crippen molar-refractivity contribution in [3.63, 3.8) is 0 Å². The van der Waals surface area contributed by atoms with E-state index in [0.717, 1.165) is 22.7 Å². The molecule has 41 heavy (non-hydrogen) atoms. The van der Waals surface area contributed by atoms with Crippen LogP contribution in [0.4, 0.5) is 5.69 Å². The summed E-state index contributed by atoms with van der Waals surface area (Å²) in [5.41, 5.74) is 19.4. The van der Waals surface area contributed by atoms with Crippen LogP contribution in [-0.2, 0) is 16.0 Å². The van der Waals surface area contributed by atoms with Gasteiger partial charge < -0.3 is 41.8 Å². The third-order valence-electron chi connectivity index (χ3n) is 5.53. The van der Waals surface area contributed by atoms with E-state index >= 15 is 0 Å². The predicted molar refractivity (Wildman–Crippen MR) is 156 cm³/mol. The number of benzene rings is 2. The maximum atomic E-state index is 12.7. The maximum absolute atomic E-state index is 12.7. The number of rotatable bonds is 12. The van der Waals surface area contributed by atoms with Gasteiger partial charge in [-0.25, -0.2) is 4.79 Å². The highest BCUT2D eigenvalue weighted by molar-refractivity contribution is 5.95. The number of H-pyrrole nitrogens is 1. The number of aromatic amines is 1. The normalized spacial score (nSPS) is 11.9. The molecule has 0 spiro atoms. The Morgan fingerprint density at radius 2 is 1.85 bits per heavy atom. The van der Waals surface area contributed by atoms with Crippen LogP contribution in [0.15, 0.2) is 59.5 Å². The summed E-state index contributed by atoms with van der Waals surface area (Å²) >= 11 is 0. The summed E-state index contributed by atoms with van der Waals surface area (Å²) in [4.78, 5) is 24.5. The Labute approximate surface area is 236 Å². The minimum absolute atomic E-state index is 0.0392. The zero-order chi connectivity index (χ0) is 30.5. The largest absolute Gasteiger partial charge is 0.493 e. The van der Waals surface area contributed by atoms with E-state index in [9.17, 15) is 4.79 Å². The fraction of sp³-hybridized carbons (Fsp3) is 0.259. The fourth-order valence-corrected chi connectivity index (χ4v) is 3.72. The van der Waals surface area contributed by atoms with Crippen molar-refractivity contribution >= 4 is 23.3 Å². The predicted octanol–water partition coefficient (Wildman–Crippen LogP) is 1.58. The van der Waals surface area contributed by atoms with Gasteiger partial charge >= 0.3 is 5.69 Å². The highest BCUT2D eigenvalue weighted by Crippen LogP contribution is 2.37. The van der Waals surface area contributed by atoms with Gasteiger partial charge in [-0.05, 0) is 66.7 Å². The quantitative estimate of drug-likeness (QED) is 0.0942. The Hall–Kier alpha value is -5.24. The molecule has 0 amide bonds. The molecule has 0 aliphatic rings. The minimum atomic E-state index is -0.833. The summed E-state index contributed by atoms with van der Waals surface area (Å²) in [6.07, 6.45) is 4.83.